The molecule has 0 unspecified atom stereocenters. The molecule has 0 aliphatic rings. The van der Waals surface area contributed by atoms with Gasteiger partial charge in [0.1, 0.15) is 5.82 Å². The maximum Gasteiger partial charge on any atom is 0.163 e. The van der Waals surface area contributed by atoms with E-state index in [9.17, 15) is 0 Å². The van der Waals surface area contributed by atoms with Gasteiger partial charge in [-0.2, -0.15) is 0 Å². The minimum atomic E-state index is 0.586. The highest BCUT2D eigenvalue weighted by atomic mass is 16.5. The zero-order chi connectivity index (χ0) is 15.2. The van der Waals surface area contributed by atoms with Crippen molar-refractivity contribution in [1.29, 1.82) is 0 Å². The van der Waals surface area contributed by atoms with Crippen LogP contribution in [0.15, 0.2) is 30.5 Å². The van der Waals surface area contributed by atoms with Crippen molar-refractivity contribution in [2.45, 2.75) is 20.8 Å². The molecule has 1 aromatic heterocycles. The molecule has 3 N–H and O–H groups in total. The third-order valence-electron chi connectivity index (χ3n) is 2.91. The fourth-order valence-electron chi connectivity index (χ4n) is 1.99. The summed E-state index contributed by atoms with van der Waals surface area (Å²) in [5.74, 6) is 2.24. The molecule has 0 fully saturated rings. The average Bonchev–Trinajstić information content (AvgIpc) is 2.45. The number of nitrogens with zero attached hydrogens (tertiary/aromatic N) is 1. The van der Waals surface area contributed by atoms with Crippen molar-refractivity contribution in [2.24, 2.45) is 0 Å². The Hall–Kier alpha value is -2.43. The molecule has 0 aliphatic heterocycles. The van der Waals surface area contributed by atoms with Gasteiger partial charge in [0.2, 0.25) is 0 Å². The summed E-state index contributed by atoms with van der Waals surface area (Å²) in [6, 6.07) is 7.62. The van der Waals surface area contributed by atoms with Crippen molar-refractivity contribution in [2.75, 3.05) is 24.3 Å². The number of aryl methyl sites for hydroxylation is 1. The lowest BCUT2D eigenvalue weighted by Crippen LogP contribution is -2.01. The molecule has 0 radical (unpaired) electrons. The zero-order valence-electron chi connectivity index (χ0n) is 12.6. The largest absolute Gasteiger partial charge is 0.490 e. The van der Waals surface area contributed by atoms with Crippen LogP contribution in [0, 0.1) is 6.92 Å². The highest BCUT2D eigenvalue weighted by molar-refractivity contribution is 5.64. The number of anilines is 3. The van der Waals surface area contributed by atoms with Gasteiger partial charge in [0, 0.05) is 11.8 Å². The van der Waals surface area contributed by atoms with Gasteiger partial charge in [0.05, 0.1) is 25.1 Å². The number of rotatable bonds is 6. The van der Waals surface area contributed by atoms with Crippen molar-refractivity contribution < 1.29 is 9.47 Å². The molecule has 0 saturated carbocycles. The molecule has 0 atom stereocenters. The summed E-state index contributed by atoms with van der Waals surface area (Å²) in [5, 5.41) is 3.27. The second-order valence-corrected chi connectivity index (χ2v) is 4.59. The number of nitrogens with two attached hydrogens (primary N) is 1. The normalized spacial score (nSPS) is 10.2. The first-order chi connectivity index (χ1) is 10.1. The molecule has 1 aromatic carbocycles. The number of pyridine rings is 1. The van der Waals surface area contributed by atoms with E-state index in [-0.39, 0.29) is 0 Å². The molecule has 0 amide bonds. The first-order valence-electron chi connectivity index (χ1n) is 7.02. The second kappa shape index (κ2) is 6.83. The summed E-state index contributed by atoms with van der Waals surface area (Å²) < 4.78 is 11.2. The number of hydrogen-bond donors (Lipinski definition) is 2. The van der Waals surface area contributed by atoms with Gasteiger partial charge in [-0.05, 0) is 44.5 Å². The third-order valence-corrected chi connectivity index (χ3v) is 2.91. The molecule has 0 aliphatic carbocycles. The number of nitrogen functional groups attached to an aromatic ring is 1. The maximum atomic E-state index is 5.71. The molecule has 21 heavy (non-hydrogen) atoms. The summed E-state index contributed by atoms with van der Waals surface area (Å²) in [7, 11) is 0. The third kappa shape index (κ3) is 3.78. The molecule has 5 nitrogen and oxygen atoms in total. The number of aromatic nitrogens is 1. The monoisotopic (exact) mass is 287 g/mol. The Kier molecular flexibility index (Phi) is 4.87. The van der Waals surface area contributed by atoms with Gasteiger partial charge in [0.25, 0.3) is 0 Å². The average molecular weight is 287 g/mol. The number of nitrogens with one attached hydrogen (secondary N) is 1. The zero-order valence-corrected chi connectivity index (χ0v) is 12.6. The van der Waals surface area contributed by atoms with Crippen LogP contribution in [0.5, 0.6) is 11.5 Å². The molecule has 2 aromatic rings. The highest BCUT2D eigenvalue weighted by Gasteiger charge is 2.07. The van der Waals surface area contributed by atoms with Crippen LogP contribution in [0.3, 0.4) is 0 Å². The lowest BCUT2D eigenvalue weighted by molar-refractivity contribution is 0.288. The minimum absolute atomic E-state index is 0.586. The second-order valence-electron chi connectivity index (χ2n) is 4.59. The highest BCUT2D eigenvalue weighted by Crippen LogP contribution is 2.32. The topological polar surface area (TPSA) is 69.4 Å². The van der Waals surface area contributed by atoms with Gasteiger partial charge in [-0.15, -0.1) is 0 Å². The summed E-state index contributed by atoms with van der Waals surface area (Å²) in [5.41, 5.74) is 8.24. The van der Waals surface area contributed by atoms with E-state index in [1.54, 1.807) is 6.20 Å². The first-order valence-corrected chi connectivity index (χ1v) is 7.02. The summed E-state index contributed by atoms with van der Waals surface area (Å²) in [6.07, 6.45) is 1.63. The Morgan fingerprint density at radius 2 is 1.81 bits per heavy atom. The van der Waals surface area contributed by atoms with Crippen molar-refractivity contribution >= 4 is 17.2 Å². The first kappa shape index (κ1) is 15.0. The van der Waals surface area contributed by atoms with E-state index in [2.05, 4.69) is 10.3 Å². The van der Waals surface area contributed by atoms with Crippen LogP contribution in [-0.4, -0.2) is 18.2 Å². The Balaban J connectivity index is 2.25. The van der Waals surface area contributed by atoms with E-state index in [4.69, 9.17) is 15.2 Å². The van der Waals surface area contributed by atoms with E-state index < -0.39 is 0 Å². The number of hydrogen-bond acceptors (Lipinski definition) is 5. The van der Waals surface area contributed by atoms with Crippen molar-refractivity contribution in [3.05, 3.63) is 36.0 Å². The predicted octanol–water partition coefficient (Wildman–Crippen LogP) is 3.51. The molecule has 2 rings (SSSR count). The lowest BCUT2D eigenvalue weighted by Gasteiger charge is -2.14. The predicted molar refractivity (Wildman–Crippen MR) is 85.4 cm³/mol. The van der Waals surface area contributed by atoms with Gasteiger partial charge < -0.3 is 20.5 Å². The molecular formula is C16H21N3O2. The van der Waals surface area contributed by atoms with Crippen molar-refractivity contribution in [1.82, 2.24) is 4.98 Å². The summed E-state index contributed by atoms with van der Waals surface area (Å²) >= 11 is 0. The molecular weight excluding hydrogens is 266 g/mol. The maximum absolute atomic E-state index is 5.71. The van der Waals surface area contributed by atoms with Crippen LogP contribution in [0.1, 0.15) is 19.4 Å². The fraction of sp³-hybridized carbons (Fsp3) is 0.312. The molecule has 5 heteroatoms. The molecule has 0 bridgehead atoms. The summed E-state index contributed by atoms with van der Waals surface area (Å²) in [6.45, 7) is 7.04. The van der Waals surface area contributed by atoms with Gasteiger partial charge >= 0.3 is 0 Å². The van der Waals surface area contributed by atoms with E-state index in [1.807, 2.05) is 45.0 Å². The van der Waals surface area contributed by atoms with Crippen LogP contribution < -0.4 is 20.5 Å². The van der Waals surface area contributed by atoms with Crippen molar-refractivity contribution in [3.63, 3.8) is 0 Å². The fourth-order valence-corrected chi connectivity index (χ4v) is 1.99. The summed E-state index contributed by atoms with van der Waals surface area (Å²) in [4.78, 5) is 4.30. The molecule has 1 heterocycles. The van der Waals surface area contributed by atoms with E-state index in [0.717, 1.165) is 28.6 Å². The Morgan fingerprint density at radius 1 is 1.10 bits per heavy atom. The van der Waals surface area contributed by atoms with Crippen molar-refractivity contribution in [3.8, 4) is 11.5 Å². The quantitative estimate of drug-likeness (QED) is 0.850. The Labute approximate surface area is 125 Å². The van der Waals surface area contributed by atoms with E-state index >= 15 is 0 Å². The van der Waals surface area contributed by atoms with Crippen LogP contribution in [0.25, 0.3) is 0 Å². The van der Waals surface area contributed by atoms with Gasteiger partial charge in [-0.1, -0.05) is 0 Å². The molecule has 112 valence electrons. The van der Waals surface area contributed by atoms with Gasteiger partial charge in [-0.3, -0.25) is 0 Å². The Bertz CT molecular complexity index is 614. The molecule has 0 spiro atoms. The van der Waals surface area contributed by atoms with Crippen LogP contribution in [-0.2, 0) is 0 Å². The minimum Gasteiger partial charge on any atom is -0.490 e. The number of benzene rings is 1. The van der Waals surface area contributed by atoms with Crippen LogP contribution in [0.2, 0.25) is 0 Å². The van der Waals surface area contributed by atoms with Gasteiger partial charge in [-0.25, -0.2) is 4.98 Å². The van der Waals surface area contributed by atoms with Gasteiger partial charge in [0.15, 0.2) is 11.5 Å². The van der Waals surface area contributed by atoms with E-state index in [0.29, 0.717) is 18.9 Å². The lowest BCUT2D eigenvalue weighted by atomic mass is 10.2. The smallest absolute Gasteiger partial charge is 0.163 e. The number of ether oxygens (including phenoxy) is 2. The van der Waals surface area contributed by atoms with Crippen LogP contribution in [0.4, 0.5) is 17.2 Å². The SMILES string of the molecule is CCOc1ccc(Nc2ncc(N)cc2C)cc1OCC. The standard InChI is InChI=1S/C16H21N3O2/c1-4-20-14-7-6-13(9-15(14)21-5-2)19-16-11(3)8-12(17)10-18-16/h6-10H,4-5,17H2,1-3H3,(H,18,19). The molecule has 0 saturated heterocycles. The van der Waals surface area contributed by atoms with Crippen LogP contribution >= 0.6 is 0 Å². The Morgan fingerprint density at radius 3 is 2.48 bits per heavy atom. The van der Waals surface area contributed by atoms with E-state index in [1.165, 1.54) is 0 Å².